The largest absolute Gasteiger partial charge is 0.304 e. The number of nitrogens with one attached hydrogen (secondary N) is 1. The van der Waals surface area contributed by atoms with Crippen molar-refractivity contribution in [3.05, 3.63) is 51.0 Å². The van der Waals surface area contributed by atoms with E-state index in [2.05, 4.69) is 35.4 Å². The summed E-state index contributed by atoms with van der Waals surface area (Å²) < 4.78 is 0. The number of thiophene rings is 1. The number of nitrogens with zero attached hydrogens (tertiary/aromatic N) is 1. The third-order valence-electron chi connectivity index (χ3n) is 3.98. The van der Waals surface area contributed by atoms with Crippen LogP contribution in [0.15, 0.2) is 24.3 Å². The Labute approximate surface area is 125 Å². The average molecular weight is 286 g/mol. The number of pyridine rings is 1. The van der Waals surface area contributed by atoms with E-state index < -0.39 is 0 Å². The molecular weight excluding hydrogens is 264 g/mol. The molecule has 0 aliphatic heterocycles. The molecule has 0 spiro atoms. The molecule has 1 N–H and O–H groups in total. The van der Waals surface area contributed by atoms with Crippen molar-refractivity contribution in [3.8, 4) is 0 Å². The molecule has 0 saturated carbocycles. The van der Waals surface area contributed by atoms with E-state index in [-0.39, 0.29) is 0 Å². The number of rotatable bonds is 4. The summed E-state index contributed by atoms with van der Waals surface area (Å²) in [7, 11) is 0. The fraction of sp³-hybridized carbons (Fsp3) is 0.471. The van der Waals surface area contributed by atoms with Crippen molar-refractivity contribution in [3.63, 3.8) is 0 Å². The maximum Gasteiger partial charge on any atom is 0.0545 e. The van der Waals surface area contributed by atoms with Crippen LogP contribution in [-0.4, -0.2) is 4.98 Å². The van der Waals surface area contributed by atoms with Crippen LogP contribution in [0.4, 0.5) is 0 Å². The topological polar surface area (TPSA) is 24.9 Å². The molecule has 2 aromatic rings. The highest BCUT2D eigenvalue weighted by molar-refractivity contribution is 7.12. The summed E-state index contributed by atoms with van der Waals surface area (Å²) in [4.78, 5) is 7.64. The number of aryl methyl sites for hydroxylation is 3. The van der Waals surface area contributed by atoms with Crippen molar-refractivity contribution >= 4 is 11.3 Å². The molecule has 1 aliphatic rings. The third-order valence-corrected chi connectivity index (χ3v) is 5.40. The van der Waals surface area contributed by atoms with Crippen LogP contribution in [0.1, 0.15) is 52.5 Å². The van der Waals surface area contributed by atoms with Gasteiger partial charge in [-0.25, -0.2) is 0 Å². The molecule has 0 aromatic carbocycles. The molecule has 20 heavy (non-hydrogen) atoms. The van der Waals surface area contributed by atoms with Gasteiger partial charge >= 0.3 is 0 Å². The van der Waals surface area contributed by atoms with E-state index in [1.165, 1.54) is 30.6 Å². The standard InChI is InChI=1S/C17H22N2S/c1-12-6-5-8-15(19-12)11-18-13(2)17-10-14-7-3-4-9-16(14)20-17/h5-6,8,10,13,18H,3-4,7,9,11H2,1-2H3. The molecule has 3 rings (SSSR count). The van der Waals surface area contributed by atoms with Gasteiger partial charge in [0.15, 0.2) is 0 Å². The summed E-state index contributed by atoms with van der Waals surface area (Å²) >= 11 is 2.00. The quantitative estimate of drug-likeness (QED) is 0.912. The predicted molar refractivity (Wildman–Crippen MR) is 85.2 cm³/mol. The molecule has 1 unspecified atom stereocenters. The Morgan fingerprint density at radius 1 is 1.30 bits per heavy atom. The van der Waals surface area contributed by atoms with E-state index in [1.807, 2.05) is 24.3 Å². The smallest absolute Gasteiger partial charge is 0.0545 e. The Bertz CT molecular complexity index is 565. The summed E-state index contributed by atoms with van der Waals surface area (Å²) in [6.45, 7) is 5.14. The van der Waals surface area contributed by atoms with Crippen LogP contribution in [0.5, 0.6) is 0 Å². The molecule has 2 heterocycles. The van der Waals surface area contributed by atoms with Gasteiger partial charge in [0.25, 0.3) is 0 Å². The lowest BCUT2D eigenvalue weighted by Gasteiger charge is -2.11. The summed E-state index contributed by atoms with van der Waals surface area (Å²) in [5.41, 5.74) is 3.81. The van der Waals surface area contributed by atoms with Gasteiger partial charge in [0.2, 0.25) is 0 Å². The molecule has 2 aromatic heterocycles. The first kappa shape index (κ1) is 13.8. The molecule has 1 atom stereocenters. The predicted octanol–water partition coefficient (Wildman–Crippen LogP) is 4.18. The Morgan fingerprint density at radius 3 is 2.95 bits per heavy atom. The van der Waals surface area contributed by atoms with Crippen molar-refractivity contribution < 1.29 is 0 Å². The van der Waals surface area contributed by atoms with Crippen molar-refractivity contribution in [1.29, 1.82) is 0 Å². The minimum atomic E-state index is 0.410. The van der Waals surface area contributed by atoms with Crippen molar-refractivity contribution in [2.24, 2.45) is 0 Å². The van der Waals surface area contributed by atoms with Gasteiger partial charge in [-0.3, -0.25) is 4.98 Å². The Morgan fingerprint density at radius 2 is 2.15 bits per heavy atom. The van der Waals surface area contributed by atoms with Gasteiger partial charge in [0.1, 0.15) is 0 Å². The van der Waals surface area contributed by atoms with Crippen LogP contribution in [0, 0.1) is 6.92 Å². The van der Waals surface area contributed by atoms with Gasteiger partial charge in [-0.05, 0) is 63.3 Å². The van der Waals surface area contributed by atoms with Crippen molar-refractivity contribution in [2.75, 3.05) is 0 Å². The van der Waals surface area contributed by atoms with Crippen molar-refractivity contribution in [1.82, 2.24) is 10.3 Å². The SMILES string of the molecule is Cc1cccc(CNC(C)c2cc3c(s2)CCCC3)n1. The van der Waals surface area contributed by atoms with Gasteiger partial charge in [0.05, 0.1) is 5.69 Å². The van der Waals surface area contributed by atoms with Gasteiger partial charge < -0.3 is 5.32 Å². The molecule has 0 amide bonds. The number of fused-ring (bicyclic) bond motifs is 1. The Balaban J connectivity index is 1.64. The highest BCUT2D eigenvalue weighted by Crippen LogP contribution is 2.32. The molecule has 0 bridgehead atoms. The highest BCUT2D eigenvalue weighted by Gasteiger charge is 2.16. The van der Waals surface area contributed by atoms with E-state index >= 15 is 0 Å². The maximum absolute atomic E-state index is 4.54. The van der Waals surface area contributed by atoms with E-state index in [9.17, 15) is 0 Å². The monoisotopic (exact) mass is 286 g/mol. The van der Waals surface area contributed by atoms with E-state index in [1.54, 1.807) is 10.4 Å². The second-order valence-electron chi connectivity index (χ2n) is 5.68. The zero-order valence-electron chi connectivity index (χ0n) is 12.3. The summed E-state index contributed by atoms with van der Waals surface area (Å²) in [6, 6.07) is 9.04. The molecule has 0 radical (unpaired) electrons. The van der Waals surface area contributed by atoms with E-state index in [4.69, 9.17) is 0 Å². The second kappa shape index (κ2) is 6.06. The minimum Gasteiger partial charge on any atom is -0.304 e. The first-order valence-electron chi connectivity index (χ1n) is 7.50. The lowest BCUT2D eigenvalue weighted by molar-refractivity contribution is 0.574. The average Bonchev–Trinajstić information content (AvgIpc) is 2.89. The lowest BCUT2D eigenvalue weighted by Crippen LogP contribution is -2.18. The molecule has 1 aliphatic carbocycles. The minimum absolute atomic E-state index is 0.410. The highest BCUT2D eigenvalue weighted by atomic mass is 32.1. The fourth-order valence-electron chi connectivity index (χ4n) is 2.78. The number of hydrogen-bond donors (Lipinski definition) is 1. The van der Waals surface area contributed by atoms with Gasteiger partial charge in [0, 0.05) is 28.0 Å². The van der Waals surface area contributed by atoms with E-state index in [0.29, 0.717) is 6.04 Å². The molecule has 106 valence electrons. The van der Waals surface area contributed by atoms with Crippen LogP contribution >= 0.6 is 11.3 Å². The number of aromatic nitrogens is 1. The van der Waals surface area contributed by atoms with Crippen LogP contribution in [0.2, 0.25) is 0 Å². The lowest BCUT2D eigenvalue weighted by atomic mass is 9.99. The third kappa shape index (κ3) is 3.10. The Kier molecular flexibility index (Phi) is 4.18. The summed E-state index contributed by atoms with van der Waals surface area (Å²) in [5, 5.41) is 3.60. The first-order chi connectivity index (χ1) is 9.72. The molecule has 0 saturated heterocycles. The Hall–Kier alpha value is -1.19. The molecule has 0 fully saturated rings. The van der Waals surface area contributed by atoms with Crippen molar-refractivity contribution in [2.45, 2.75) is 52.1 Å². The fourth-order valence-corrected chi connectivity index (χ4v) is 4.07. The van der Waals surface area contributed by atoms with E-state index in [0.717, 1.165) is 17.9 Å². The van der Waals surface area contributed by atoms with Gasteiger partial charge in [-0.2, -0.15) is 0 Å². The number of hydrogen-bond acceptors (Lipinski definition) is 3. The van der Waals surface area contributed by atoms with Crippen LogP contribution in [-0.2, 0) is 19.4 Å². The van der Waals surface area contributed by atoms with Gasteiger partial charge in [-0.15, -0.1) is 11.3 Å². The molecular formula is C17H22N2S. The zero-order valence-corrected chi connectivity index (χ0v) is 13.1. The normalized spacial score (nSPS) is 15.9. The molecule has 3 heteroatoms. The van der Waals surface area contributed by atoms with Crippen LogP contribution in [0.3, 0.4) is 0 Å². The van der Waals surface area contributed by atoms with Crippen LogP contribution < -0.4 is 5.32 Å². The summed E-state index contributed by atoms with van der Waals surface area (Å²) in [6.07, 6.45) is 5.28. The summed E-state index contributed by atoms with van der Waals surface area (Å²) in [5.74, 6) is 0. The van der Waals surface area contributed by atoms with Gasteiger partial charge in [-0.1, -0.05) is 6.07 Å². The molecule has 2 nitrogen and oxygen atoms in total. The maximum atomic E-state index is 4.54. The first-order valence-corrected chi connectivity index (χ1v) is 8.31. The second-order valence-corrected chi connectivity index (χ2v) is 6.85. The van der Waals surface area contributed by atoms with Crippen LogP contribution in [0.25, 0.3) is 0 Å². The zero-order chi connectivity index (χ0) is 13.9.